The number of carboxylic acids is 1. The molecule has 2 rings (SSSR count). The normalized spacial score (nSPS) is 10.4. The number of hydrogen-bond donors (Lipinski definition) is 1. The molecule has 0 saturated carbocycles. The standard InChI is InChI=1S/C20H23NO3.ClH/c1-2-24-19-7-5-6-18(16-19)10-9-17-11-14-21(15-12-17)13-4-3-8-20(22)23;/h5-7,9-12,14-16H,2-4,8,13H2,1H3;1H/b10-9-;. The topological polar surface area (TPSA) is 50.4 Å². The van der Waals surface area contributed by atoms with Crippen molar-refractivity contribution in [3.63, 3.8) is 0 Å². The van der Waals surface area contributed by atoms with E-state index in [4.69, 9.17) is 9.84 Å². The highest BCUT2D eigenvalue weighted by molar-refractivity contribution is 5.69. The first-order chi connectivity index (χ1) is 11.7. The van der Waals surface area contributed by atoms with Gasteiger partial charge < -0.3 is 22.3 Å². The lowest BCUT2D eigenvalue weighted by Gasteiger charge is -2.03. The summed E-state index contributed by atoms with van der Waals surface area (Å²) in [5.41, 5.74) is 2.23. The fourth-order valence-corrected chi connectivity index (χ4v) is 2.37. The number of benzene rings is 1. The molecule has 2 aromatic rings. The minimum atomic E-state index is -0.728. The fourth-order valence-electron chi connectivity index (χ4n) is 2.37. The maximum Gasteiger partial charge on any atom is 0.303 e. The van der Waals surface area contributed by atoms with Crippen LogP contribution in [0.15, 0.2) is 48.8 Å². The summed E-state index contributed by atoms with van der Waals surface area (Å²) in [7, 11) is 0. The monoisotopic (exact) mass is 361 g/mol. The van der Waals surface area contributed by atoms with Crippen LogP contribution in [0.1, 0.15) is 37.3 Å². The maximum atomic E-state index is 10.5. The number of carbonyl (C=O) groups is 1. The highest BCUT2D eigenvalue weighted by Crippen LogP contribution is 2.15. The summed E-state index contributed by atoms with van der Waals surface area (Å²) in [5.74, 6) is 0.154. The van der Waals surface area contributed by atoms with Gasteiger partial charge in [0.2, 0.25) is 0 Å². The molecule has 0 atom stereocenters. The van der Waals surface area contributed by atoms with Crippen LogP contribution in [0.3, 0.4) is 0 Å². The van der Waals surface area contributed by atoms with Gasteiger partial charge in [0.15, 0.2) is 12.4 Å². The zero-order valence-electron chi connectivity index (χ0n) is 14.4. The van der Waals surface area contributed by atoms with Gasteiger partial charge in [-0.15, -0.1) is 0 Å². The van der Waals surface area contributed by atoms with Crippen LogP contribution < -0.4 is 21.7 Å². The van der Waals surface area contributed by atoms with E-state index < -0.39 is 5.97 Å². The highest BCUT2D eigenvalue weighted by atomic mass is 35.5. The van der Waals surface area contributed by atoms with E-state index in [-0.39, 0.29) is 18.8 Å². The van der Waals surface area contributed by atoms with E-state index in [0.29, 0.717) is 13.0 Å². The summed E-state index contributed by atoms with van der Waals surface area (Å²) < 4.78 is 7.58. The van der Waals surface area contributed by atoms with Crippen molar-refractivity contribution in [2.45, 2.75) is 32.7 Å². The van der Waals surface area contributed by atoms with Gasteiger partial charge in [-0.3, -0.25) is 4.79 Å². The van der Waals surface area contributed by atoms with Crippen molar-refractivity contribution in [1.29, 1.82) is 0 Å². The summed E-state index contributed by atoms with van der Waals surface area (Å²) in [6.45, 7) is 3.48. The predicted molar refractivity (Wildman–Crippen MR) is 94.7 cm³/mol. The maximum absolute atomic E-state index is 10.5. The molecule has 0 saturated heterocycles. The van der Waals surface area contributed by atoms with Gasteiger partial charge in [0.1, 0.15) is 12.3 Å². The Labute approximate surface area is 155 Å². The van der Waals surface area contributed by atoms with E-state index in [1.807, 2.05) is 43.6 Å². The number of aromatic nitrogens is 1. The summed E-state index contributed by atoms with van der Waals surface area (Å²) in [6, 6.07) is 12.1. The molecule has 1 aromatic heterocycles. The third kappa shape index (κ3) is 7.86. The molecule has 4 nitrogen and oxygen atoms in total. The van der Waals surface area contributed by atoms with Crippen LogP contribution >= 0.6 is 0 Å². The second kappa shape index (κ2) is 11.3. The van der Waals surface area contributed by atoms with Crippen molar-refractivity contribution in [2.75, 3.05) is 6.61 Å². The zero-order valence-corrected chi connectivity index (χ0v) is 15.2. The molecule has 134 valence electrons. The number of ether oxygens (including phenoxy) is 1. The molecule has 1 heterocycles. The molecule has 0 spiro atoms. The van der Waals surface area contributed by atoms with E-state index in [2.05, 4.69) is 28.9 Å². The van der Waals surface area contributed by atoms with E-state index in [0.717, 1.165) is 29.8 Å². The third-order valence-corrected chi connectivity index (χ3v) is 3.61. The van der Waals surface area contributed by atoms with Crippen LogP contribution in [0.4, 0.5) is 0 Å². The van der Waals surface area contributed by atoms with Gasteiger partial charge in [0.05, 0.1) is 6.61 Å². The van der Waals surface area contributed by atoms with Crippen LogP contribution in [0, 0.1) is 0 Å². The Morgan fingerprint density at radius 2 is 1.84 bits per heavy atom. The molecule has 0 aliphatic heterocycles. The van der Waals surface area contributed by atoms with Crippen LogP contribution in [0.2, 0.25) is 0 Å². The van der Waals surface area contributed by atoms with E-state index in [9.17, 15) is 4.79 Å². The number of rotatable bonds is 9. The number of aliphatic carboxylic acids is 1. The Hall–Kier alpha value is -2.33. The van der Waals surface area contributed by atoms with Crippen molar-refractivity contribution >= 4 is 18.1 Å². The second-order valence-electron chi connectivity index (χ2n) is 5.56. The van der Waals surface area contributed by atoms with Crippen molar-refractivity contribution in [3.8, 4) is 5.75 Å². The van der Waals surface area contributed by atoms with Crippen LogP contribution in [0.25, 0.3) is 12.2 Å². The van der Waals surface area contributed by atoms with E-state index in [1.54, 1.807) is 0 Å². The molecule has 0 aliphatic rings. The Morgan fingerprint density at radius 3 is 2.52 bits per heavy atom. The predicted octanol–water partition coefficient (Wildman–Crippen LogP) is 0.802. The number of nitrogens with zero attached hydrogens (tertiary/aromatic N) is 1. The van der Waals surface area contributed by atoms with Gasteiger partial charge in [0.25, 0.3) is 0 Å². The Balaban J connectivity index is 0.00000312. The molecule has 0 unspecified atom stereocenters. The van der Waals surface area contributed by atoms with E-state index in [1.165, 1.54) is 0 Å². The van der Waals surface area contributed by atoms with Crippen molar-refractivity contribution in [3.05, 3.63) is 59.9 Å². The quantitative estimate of drug-likeness (QED) is 0.531. The Morgan fingerprint density at radius 1 is 1.12 bits per heavy atom. The first kappa shape index (κ1) is 20.7. The lowest BCUT2D eigenvalue weighted by molar-refractivity contribution is -0.697. The fraction of sp³-hybridized carbons (Fsp3) is 0.300. The molecule has 5 heteroatoms. The molecule has 0 radical (unpaired) electrons. The number of halogens is 1. The number of pyridine rings is 1. The first-order valence-corrected chi connectivity index (χ1v) is 8.29. The first-order valence-electron chi connectivity index (χ1n) is 8.29. The summed E-state index contributed by atoms with van der Waals surface area (Å²) in [6.07, 6.45) is 10.0. The SMILES string of the molecule is CCOc1cccc(/C=C\c2cc[n+](CCCCC(=O)O)cc2)c1.[Cl-]. The zero-order chi connectivity index (χ0) is 17.2. The number of hydrogen-bond acceptors (Lipinski definition) is 2. The molecule has 1 aromatic carbocycles. The lowest BCUT2D eigenvalue weighted by Crippen LogP contribution is -3.00. The van der Waals surface area contributed by atoms with Crippen molar-refractivity contribution in [1.82, 2.24) is 0 Å². The minimum absolute atomic E-state index is 0. The van der Waals surface area contributed by atoms with Crippen molar-refractivity contribution in [2.24, 2.45) is 0 Å². The molecule has 25 heavy (non-hydrogen) atoms. The van der Waals surface area contributed by atoms with Gasteiger partial charge in [-0.1, -0.05) is 24.3 Å². The number of carboxylic acid groups (broad SMARTS) is 1. The smallest absolute Gasteiger partial charge is 0.303 e. The average Bonchev–Trinajstić information content (AvgIpc) is 2.58. The summed E-state index contributed by atoms with van der Waals surface area (Å²) in [5, 5.41) is 8.62. The van der Waals surface area contributed by atoms with Gasteiger partial charge in [-0.2, -0.15) is 0 Å². The molecule has 0 bridgehead atoms. The highest BCUT2D eigenvalue weighted by Gasteiger charge is 2.02. The van der Waals surface area contributed by atoms with Gasteiger partial charge >= 0.3 is 5.97 Å². The second-order valence-corrected chi connectivity index (χ2v) is 5.56. The molecular formula is C20H24ClNO3. The summed E-state index contributed by atoms with van der Waals surface area (Å²) in [4.78, 5) is 10.5. The van der Waals surface area contributed by atoms with Crippen LogP contribution in [-0.2, 0) is 11.3 Å². The third-order valence-electron chi connectivity index (χ3n) is 3.61. The van der Waals surface area contributed by atoms with Crippen molar-refractivity contribution < 1.29 is 31.6 Å². The van der Waals surface area contributed by atoms with Gasteiger partial charge in [0, 0.05) is 25.0 Å². The van der Waals surface area contributed by atoms with Crippen LogP contribution in [0.5, 0.6) is 5.75 Å². The van der Waals surface area contributed by atoms with E-state index >= 15 is 0 Å². The molecule has 0 aliphatic carbocycles. The average molecular weight is 362 g/mol. The molecule has 1 N–H and O–H groups in total. The number of unbranched alkanes of at least 4 members (excludes halogenated alkanes) is 1. The largest absolute Gasteiger partial charge is 1.00 e. The summed E-state index contributed by atoms with van der Waals surface area (Å²) >= 11 is 0. The van der Waals surface area contributed by atoms with Crippen LogP contribution in [-0.4, -0.2) is 17.7 Å². The molecule has 0 fully saturated rings. The number of aryl methyl sites for hydroxylation is 1. The minimum Gasteiger partial charge on any atom is -1.00 e. The molecular weight excluding hydrogens is 338 g/mol. The van der Waals surface area contributed by atoms with Gasteiger partial charge in [-0.25, -0.2) is 4.57 Å². The Kier molecular flexibility index (Phi) is 9.33. The lowest BCUT2D eigenvalue weighted by atomic mass is 10.1. The van der Waals surface area contributed by atoms with Gasteiger partial charge in [-0.05, 0) is 36.6 Å². The Bertz CT molecular complexity index is 684. The molecule has 0 amide bonds.